The molecular weight excluding hydrogens is 416 g/mol. The van der Waals surface area contributed by atoms with E-state index >= 15 is 0 Å². The first kappa shape index (κ1) is 25.9. The number of benzene rings is 1. The fraction of sp³-hybridized carbons (Fsp3) is 0.500. The van der Waals surface area contributed by atoms with Crippen molar-refractivity contribution in [2.24, 2.45) is 5.41 Å². The Labute approximate surface area is 189 Å². The van der Waals surface area contributed by atoms with Crippen molar-refractivity contribution in [2.75, 3.05) is 0 Å². The Kier molecular flexibility index (Phi) is 8.13. The average molecular weight is 451 g/mol. The summed E-state index contributed by atoms with van der Waals surface area (Å²) in [5, 5.41) is 2.97. The van der Waals surface area contributed by atoms with Gasteiger partial charge in [-0.3, -0.25) is 4.98 Å². The number of pyridine rings is 1. The lowest BCUT2D eigenvalue weighted by Gasteiger charge is -2.20. The Bertz CT molecular complexity index is 916. The van der Waals surface area contributed by atoms with Crippen LogP contribution in [0.3, 0.4) is 0 Å². The van der Waals surface area contributed by atoms with Crippen molar-refractivity contribution in [1.29, 1.82) is 0 Å². The molecule has 0 unspecified atom stereocenters. The summed E-state index contributed by atoms with van der Waals surface area (Å²) >= 11 is 0. The second-order valence-electron chi connectivity index (χ2n) is 9.71. The predicted octanol–water partition coefficient (Wildman–Crippen LogP) is 7.96. The second-order valence-corrected chi connectivity index (χ2v) is 9.71. The third-order valence-electron chi connectivity index (χ3n) is 5.85. The molecule has 32 heavy (non-hydrogen) atoms. The molecule has 1 N–H and O–H groups in total. The third-order valence-corrected chi connectivity index (χ3v) is 5.85. The van der Waals surface area contributed by atoms with E-state index in [0.717, 1.165) is 12.1 Å². The molecular formula is C26H34F4N2. The van der Waals surface area contributed by atoms with Crippen LogP contribution in [0.5, 0.6) is 0 Å². The maximum absolute atomic E-state index is 14.2. The molecule has 3 rings (SSSR count). The maximum Gasteiger partial charge on any atom is 0.416 e. The Morgan fingerprint density at radius 3 is 2.22 bits per heavy atom. The largest absolute Gasteiger partial charge is 0.416 e. The summed E-state index contributed by atoms with van der Waals surface area (Å²) in [7, 11) is 0. The molecule has 1 fully saturated rings. The number of aromatic nitrogens is 1. The van der Waals surface area contributed by atoms with E-state index in [-0.39, 0.29) is 6.54 Å². The lowest BCUT2D eigenvalue weighted by Crippen LogP contribution is -2.17. The van der Waals surface area contributed by atoms with E-state index in [1.54, 1.807) is 19.1 Å². The molecule has 0 aliphatic heterocycles. The molecule has 1 aromatic heterocycles. The standard InChI is InChI=1S/C19H20F4N2.C7H14/c1-12-16(18(3,4)20)8-9-24-17(12)13(2)25-11-14-6-5-7-15(10-14)19(21,22)23;1-7(2)5-3-4-6-7/h5-10,25H,2,11H2,1,3-4H3;3-6H2,1-2H3. The van der Waals surface area contributed by atoms with Gasteiger partial charge in [0.25, 0.3) is 0 Å². The van der Waals surface area contributed by atoms with Crippen molar-refractivity contribution in [1.82, 2.24) is 10.3 Å². The lowest BCUT2D eigenvalue weighted by molar-refractivity contribution is -0.137. The van der Waals surface area contributed by atoms with Gasteiger partial charge >= 0.3 is 6.18 Å². The van der Waals surface area contributed by atoms with Crippen LogP contribution >= 0.6 is 0 Å². The van der Waals surface area contributed by atoms with E-state index in [2.05, 4.69) is 30.7 Å². The van der Waals surface area contributed by atoms with Gasteiger partial charge in [-0.1, -0.05) is 45.4 Å². The summed E-state index contributed by atoms with van der Waals surface area (Å²) in [6.45, 7) is 13.4. The second kappa shape index (κ2) is 10.1. The van der Waals surface area contributed by atoms with Gasteiger partial charge in [0.2, 0.25) is 0 Å². The van der Waals surface area contributed by atoms with Crippen molar-refractivity contribution < 1.29 is 17.6 Å². The normalized spacial score (nSPS) is 15.7. The van der Waals surface area contributed by atoms with Crippen LogP contribution in [0.4, 0.5) is 17.6 Å². The molecule has 0 amide bonds. The molecule has 2 nitrogen and oxygen atoms in total. The number of hydrogen-bond donors (Lipinski definition) is 1. The first-order valence-corrected chi connectivity index (χ1v) is 10.9. The maximum atomic E-state index is 14.2. The Balaban J connectivity index is 0.000000439. The highest BCUT2D eigenvalue weighted by molar-refractivity contribution is 5.62. The zero-order valence-electron chi connectivity index (χ0n) is 19.7. The van der Waals surface area contributed by atoms with Gasteiger partial charge in [-0.05, 0) is 73.9 Å². The Morgan fingerprint density at radius 1 is 1.09 bits per heavy atom. The Hall–Kier alpha value is -2.37. The zero-order valence-corrected chi connectivity index (χ0v) is 19.7. The van der Waals surface area contributed by atoms with Crippen LogP contribution < -0.4 is 5.32 Å². The van der Waals surface area contributed by atoms with Gasteiger partial charge < -0.3 is 5.32 Å². The molecule has 1 aliphatic rings. The van der Waals surface area contributed by atoms with Crippen molar-refractivity contribution >= 4 is 5.70 Å². The van der Waals surface area contributed by atoms with Gasteiger partial charge in [0.05, 0.1) is 17.0 Å². The minimum absolute atomic E-state index is 0.160. The molecule has 0 spiro atoms. The van der Waals surface area contributed by atoms with Crippen molar-refractivity contribution in [3.8, 4) is 0 Å². The third kappa shape index (κ3) is 7.35. The summed E-state index contributed by atoms with van der Waals surface area (Å²) < 4.78 is 52.5. The number of nitrogens with zero attached hydrogens (tertiary/aromatic N) is 1. The number of nitrogens with one attached hydrogen (secondary N) is 1. The Morgan fingerprint density at radius 2 is 1.72 bits per heavy atom. The minimum Gasteiger partial charge on any atom is -0.380 e. The zero-order chi connectivity index (χ0) is 24.2. The van der Waals surface area contributed by atoms with E-state index in [9.17, 15) is 17.6 Å². The summed E-state index contributed by atoms with van der Waals surface area (Å²) in [5.41, 5.74) is 1.01. The SMILES string of the molecule is C=C(NCc1cccc(C(F)(F)F)c1)c1nccc(C(C)(C)F)c1C.CC1(C)CCCC1. The first-order chi connectivity index (χ1) is 14.7. The van der Waals surface area contributed by atoms with Gasteiger partial charge in [0, 0.05) is 12.7 Å². The lowest BCUT2D eigenvalue weighted by atomic mass is 9.92. The molecule has 6 heteroatoms. The van der Waals surface area contributed by atoms with Gasteiger partial charge in [0.15, 0.2) is 0 Å². The van der Waals surface area contributed by atoms with Crippen LogP contribution in [-0.2, 0) is 18.4 Å². The predicted molar refractivity (Wildman–Crippen MR) is 123 cm³/mol. The van der Waals surface area contributed by atoms with Crippen LogP contribution in [-0.4, -0.2) is 4.98 Å². The summed E-state index contributed by atoms with van der Waals surface area (Å²) in [6.07, 6.45) is 2.95. The van der Waals surface area contributed by atoms with Gasteiger partial charge in [-0.2, -0.15) is 13.2 Å². The first-order valence-electron chi connectivity index (χ1n) is 10.9. The van der Waals surface area contributed by atoms with E-state index in [1.165, 1.54) is 51.8 Å². The molecule has 0 bridgehead atoms. The molecule has 0 radical (unpaired) electrons. The molecule has 1 saturated carbocycles. The van der Waals surface area contributed by atoms with Crippen LogP contribution in [0.1, 0.15) is 81.3 Å². The molecule has 0 atom stereocenters. The quantitative estimate of drug-likeness (QED) is 0.467. The minimum atomic E-state index is -4.38. The number of rotatable bonds is 5. The van der Waals surface area contributed by atoms with Crippen molar-refractivity contribution in [3.05, 3.63) is 71.1 Å². The highest BCUT2D eigenvalue weighted by Gasteiger charge is 2.30. The van der Waals surface area contributed by atoms with Crippen LogP contribution in [0, 0.1) is 12.3 Å². The van der Waals surface area contributed by atoms with E-state index in [4.69, 9.17) is 0 Å². The highest BCUT2D eigenvalue weighted by Crippen LogP contribution is 2.36. The van der Waals surface area contributed by atoms with Gasteiger partial charge in [-0.25, -0.2) is 4.39 Å². The molecule has 1 aliphatic carbocycles. The van der Waals surface area contributed by atoms with E-state index in [0.29, 0.717) is 33.5 Å². The molecule has 1 heterocycles. The monoisotopic (exact) mass is 450 g/mol. The average Bonchev–Trinajstić information content (AvgIpc) is 3.09. The molecule has 1 aromatic carbocycles. The molecule has 176 valence electrons. The van der Waals surface area contributed by atoms with Gasteiger partial charge in [0.1, 0.15) is 5.67 Å². The highest BCUT2D eigenvalue weighted by atomic mass is 19.4. The summed E-state index contributed by atoms with van der Waals surface area (Å²) in [6, 6.07) is 6.67. The molecule has 2 aromatic rings. The smallest absolute Gasteiger partial charge is 0.380 e. The van der Waals surface area contributed by atoms with Crippen LogP contribution in [0.2, 0.25) is 0 Å². The number of hydrogen-bond acceptors (Lipinski definition) is 2. The summed E-state index contributed by atoms with van der Waals surface area (Å²) in [4.78, 5) is 4.21. The molecule has 0 saturated heterocycles. The van der Waals surface area contributed by atoms with E-state index in [1.807, 2.05) is 0 Å². The number of halogens is 4. The van der Waals surface area contributed by atoms with Crippen molar-refractivity contribution in [2.45, 2.75) is 78.7 Å². The fourth-order valence-corrected chi connectivity index (χ4v) is 3.97. The topological polar surface area (TPSA) is 24.9 Å². The van der Waals surface area contributed by atoms with Crippen LogP contribution in [0.15, 0.2) is 43.1 Å². The van der Waals surface area contributed by atoms with Gasteiger partial charge in [-0.15, -0.1) is 0 Å². The number of alkyl halides is 4. The fourth-order valence-electron chi connectivity index (χ4n) is 3.97. The van der Waals surface area contributed by atoms with Crippen LogP contribution in [0.25, 0.3) is 5.70 Å². The summed E-state index contributed by atoms with van der Waals surface area (Å²) in [5.74, 6) is 0. The van der Waals surface area contributed by atoms with E-state index < -0.39 is 17.4 Å². The van der Waals surface area contributed by atoms with Crippen molar-refractivity contribution in [3.63, 3.8) is 0 Å².